The summed E-state index contributed by atoms with van der Waals surface area (Å²) in [4.78, 5) is 23.9. The minimum atomic E-state index is -1.03. The van der Waals surface area contributed by atoms with E-state index in [9.17, 15) is 14.7 Å². The van der Waals surface area contributed by atoms with Gasteiger partial charge in [-0.15, -0.1) is 0 Å². The molecule has 3 aromatic carbocycles. The Balaban J connectivity index is 1.69. The molecule has 0 bridgehead atoms. The standard InChI is InChI=1S/C22H21NO3/c1-15-6-2-3-8-18(15)14-20(22(25)26)23-21(24)13-16-10-11-17-7-4-5-9-19(17)12-16/h2-12,20H,13-14H2,1H3,(H,23,24)(H,25,26)/t20-/m1/s1. The molecule has 4 nitrogen and oxygen atoms in total. The van der Waals surface area contributed by atoms with E-state index in [1.165, 1.54) is 0 Å². The van der Waals surface area contributed by atoms with Crippen LogP contribution in [-0.4, -0.2) is 23.0 Å². The first kappa shape index (κ1) is 17.7. The van der Waals surface area contributed by atoms with Gasteiger partial charge in [0.25, 0.3) is 0 Å². The largest absolute Gasteiger partial charge is 0.480 e. The van der Waals surface area contributed by atoms with Gasteiger partial charge in [0.15, 0.2) is 0 Å². The van der Waals surface area contributed by atoms with Gasteiger partial charge in [-0.05, 0) is 34.4 Å². The molecule has 26 heavy (non-hydrogen) atoms. The molecule has 0 aromatic heterocycles. The Morgan fingerprint density at radius 2 is 1.65 bits per heavy atom. The Kier molecular flexibility index (Phi) is 5.32. The Labute approximate surface area is 152 Å². The van der Waals surface area contributed by atoms with Crippen molar-refractivity contribution in [2.45, 2.75) is 25.8 Å². The number of carbonyl (C=O) groups is 2. The van der Waals surface area contributed by atoms with Crippen LogP contribution >= 0.6 is 0 Å². The van der Waals surface area contributed by atoms with E-state index in [4.69, 9.17) is 0 Å². The number of carbonyl (C=O) groups excluding carboxylic acids is 1. The van der Waals surface area contributed by atoms with Crippen LogP contribution in [0.5, 0.6) is 0 Å². The normalized spacial score (nSPS) is 11.9. The first-order chi connectivity index (χ1) is 12.5. The fourth-order valence-corrected chi connectivity index (χ4v) is 3.04. The lowest BCUT2D eigenvalue weighted by molar-refractivity contribution is -0.141. The highest BCUT2D eigenvalue weighted by Crippen LogP contribution is 2.16. The van der Waals surface area contributed by atoms with Crippen LogP contribution in [0.3, 0.4) is 0 Å². The lowest BCUT2D eigenvalue weighted by Gasteiger charge is -2.16. The second-order valence-corrected chi connectivity index (χ2v) is 6.45. The predicted molar refractivity (Wildman–Crippen MR) is 102 cm³/mol. The van der Waals surface area contributed by atoms with Crippen LogP contribution in [0.2, 0.25) is 0 Å². The quantitative estimate of drug-likeness (QED) is 0.717. The Morgan fingerprint density at radius 1 is 0.962 bits per heavy atom. The number of aliphatic carboxylic acids is 1. The lowest BCUT2D eigenvalue weighted by Crippen LogP contribution is -2.43. The number of hydrogen-bond donors (Lipinski definition) is 2. The molecule has 0 aliphatic rings. The van der Waals surface area contributed by atoms with Crippen LogP contribution in [-0.2, 0) is 22.4 Å². The number of nitrogens with one attached hydrogen (secondary N) is 1. The van der Waals surface area contributed by atoms with E-state index in [0.29, 0.717) is 0 Å². The van der Waals surface area contributed by atoms with Crippen molar-refractivity contribution in [1.29, 1.82) is 0 Å². The lowest BCUT2D eigenvalue weighted by atomic mass is 10.0. The van der Waals surface area contributed by atoms with Crippen LogP contribution in [0, 0.1) is 6.92 Å². The monoisotopic (exact) mass is 347 g/mol. The van der Waals surface area contributed by atoms with E-state index in [-0.39, 0.29) is 18.7 Å². The maximum atomic E-state index is 12.4. The number of hydrogen-bond acceptors (Lipinski definition) is 2. The third-order valence-corrected chi connectivity index (χ3v) is 4.50. The summed E-state index contributed by atoms with van der Waals surface area (Å²) in [5, 5.41) is 14.3. The summed E-state index contributed by atoms with van der Waals surface area (Å²) in [5.41, 5.74) is 2.80. The van der Waals surface area contributed by atoms with Crippen molar-refractivity contribution >= 4 is 22.6 Å². The Bertz CT molecular complexity index is 949. The SMILES string of the molecule is Cc1ccccc1C[C@@H](NC(=O)Cc1ccc2ccccc2c1)C(=O)O. The molecule has 132 valence electrons. The van der Waals surface area contributed by atoms with E-state index < -0.39 is 12.0 Å². The van der Waals surface area contributed by atoms with Crippen molar-refractivity contribution in [1.82, 2.24) is 5.32 Å². The minimum Gasteiger partial charge on any atom is -0.480 e. The third kappa shape index (κ3) is 4.28. The zero-order chi connectivity index (χ0) is 18.5. The summed E-state index contributed by atoms with van der Waals surface area (Å²) in [6, 6.07) is 20.4. The minimum absolute atomic E-state index is 0.155. The molecule has 4 heteroatoms. The molecule has 0 heterocycles. The fourth-order valence-electron chi connectivity index (χ4n) is 3.04. The molecule has 0 saturated carbocycles. The molecular weight excluding hydrogens is 326 g/mol. The highest BCUT2D eigenvalue weighted by Gasteiger charge is 2.21. The highest BCUT2D eigenvalue weighted by atomic mass is 16.4. The smallest absolute Gasteiger partial charge is 0.326 e. The molecular formula is C22H21NO3. The van der Waals surface area contributed by atoms with Crippen molar-refractivity contribution in [3.05, 3.63) is 83.4 Å². The highest BCUT2D eigenvalue weighted by molar-refractivity contribution is 5.87. The zero-order valence-corrected chi connectivity index (χ0v) is 14.6. The fraction of sp³-hybridized carbons (Fsp3) is 0.182. The summed E-state index contributed by atoms with van der Waals surface area (Å²) in [7, 11) is 0. The van der Waals surface area contributed by atoms with E-state index in [1.807, 2.05) is 73.7 Å². The van der Waals surface area contributed by atoms with Crippen LogP contribution < -0.4 is 5.32 Å². The van der Waals surface area contributed by atoms with Gasteiger partial charge in [0.05, 0.1) is 6.42 Å². The van der Waals surface area contributed by atoms with Gasteiger partial charge in [-0.2, -0.15) is 0 Å². The van der Waals surface area contributed by atoms with Crippen molar-refractivity contribution in [2.75, 3.05) is 0 Å². The molecule has 0 fully saturated rings. The van der Waals surface area contributed by atoms with Crippen molar-refractivity contribution in [3.63, 3.8) is 0 Å². The molecule has 1 amide bonds. The molecule has 0 spiro atoms. The summed E-state index contributed by atoms with van der Waals surface area (Å²) in [6.07, 6.45) is 0.424. The third-order valence-electron chi connectivity index (χ3n) is 4.50. The maximum Gasteiger partial charge on any atom is 0.326 e. The first-order valence-electron chi connectivity index (χ1n) is 8.57. The van der Waals surface area contributed by atoms with Gasteiger partial charge in [-0.25, -0.2) is 4.79 Å². The van der Waals surface area contributed by atoms with Crippen LogP contribution in [0.1, 0.15) is 16.7 Å². The maximum absolute atomic E-state index is 12.4. The molecule has 2 N–H and O–H groups in total. The number of carboxylic acid groups (broad SMARTS) is 1. The van der Waals surface area contributed by atoms with Crippen LogP contribution in [0.15, 0.2) is 66.7 Å². The second kappa shape index (κ2) is 7.83. The van der Waals surface area contributed by atoms with E-state index in [0.717, 1.165) is 27.5 Å². The molecule has 3 aromatic rings. The predicted octanol–water partition coefficient (Wildman–Crippen LogP) is 3.50. The van der Waals surface area contributed by atoms with Gasteiger partial charge < -0.3 is 10.4 Å². The number of fused-ring (bicyclic) bond motifs is 1. The summed E-state index contributed by atoms with van der Waals surface area (Å²) >= 11 is 0. The Hall–Kier alpha value is -3.14. The van der Waals surface area contributed by atoms with Crippen molar-refractivity contribution < 1.29 is 14.7 Å². The topological polar surface area (TPSA) is 66.4 Å². The van der Waals surface area contributed by atoms with Gasteiger partial charge in [-0.1, -0.05) is 66.7 Å². The molecule has 3 rings (SSSR count). The number of amides is 1. The Morgan fingerprint density at radius 3 is 2.38 bits per heavy atom. The number of aryl methyl sites for hydroxylation is 1. The van der Waals surface area contributed by atoms with E-state index >= 15 is 0 Å². The van der Waals surface area contributed by atoms with Gasteiger partial charge in [0.1, 0.15) is 6.04 Å². The number of rotatable bonds is 6. The van der Waals surface area contributed by atoms with E-state index in [1.54, 1.807) is 0 Å². The average molecular weight is 347 g/mol. The molecule has 0 radical (unpaired) electrons. The average Bonchev–Trinajstić information content (AvgIpc) is 2.62. The molecule has 0 saturated heterocycles. The second-order valence-electron chi connectivity index (χ2n) is 6.45. The summed E-state index contributed by atoms with van der Waals surface area (Å²) in [6.45, 7) is 1.94. The zero-order valence-electron chi connectivity index (χ0n) is 14.6. The molecule has 0 aliphatic heterocycles. The van der Waals surface area contributed by atoms with Crippen molar-refractivity contribution in [2.24, 2.45) is 0 Å². The summed E-state index contributed by atoms with van der Waals surface area (Å²) < 4.78 is 0. The summed E-state index contributed by atoms with van der Waals surface area (Å²) in [5.74, 6) is -1.32. The van der Waals surface area contributed by atoms with E-state index in [2.05, 4.69) is 5.32 Å². The first-order valence-corrected chi connectivity index (χ1v) is 8.57. The van der Waals surface area contributed by atoms with Gasteiger partial charge >= 0.3 is 5.97 Å². The van der Waals surface area contributed by atoms with Crippen LogP contribution in [0.25, 0.3) is 10.8 Å². The molecule has 1 atom stereocenters. The number of carboxylic acids is 1. The van der Waals surface area contributed by atoms with Gasteiger partial charge in [-0.3, -0.25) is 4.79 Å². The molecule has 0 aliphatic carbocycles. The van der Waals surface area contributed by atoms with Gasteiger partial charge in [0.2, 0.25) is 5.91 Å². The molecule has 0 unspecified atom stereocenters. The van der Waals surface area contributed by atoms with Gasteiger partial charge in [0, 0.05) is 6.42 Å². The number of benzene rings is 3. The van der Waals surface area contributed by atoms with Crippen molar-refractivity contribution in [3.8, 4) is 0 Å². The van der Waals surface area contributed by atoms with Crippen LogP contribution in [0.4, 0.5) is 0 Å².